The van der Waals surface area contributed by atoms with Crippen molar-refractivity contribution in [3.63, 3.8) is 0 Å². The lowest BCUT2D eigenvalue weighted by Crippen LogP contribution is -2.26. The molecule has 0 saturated heterocycles. The molecule has 0 fully saturated rings. The van der Waals surface area contributed by atoms with Crippen LogP contribution in [0.3, 0.4) is 0 Å². The van der Waals surface area contributed by atoms with Crippen LogP contribution in [0.4, 0.5) is 23.2 Å². The van der Waals surface area contributed by atoms with E-state index >= 15 is 0 Å². The van der Waals surface area contributed by atoms with E-state index in [9.17, 15) is 27.2 Å². The van der Waals surface area contributed by atoms with Gasteiger partial charge in [0.2, 0.25) is 5.91 Å². The number of alkyl halides is 3. The van der Waals surface area contributed by atoms with Crippen molar-refractivity contribution in [3.8, 4) is 33.8 Å². The van der Waals surface area contributed by atoms with Crippen molar-refractivity contribution in [2.24, 2.45) is 5.92 Å². The number of anilines is 1. The first-order valence-corrected chi connectivity index (χ1v) is 14.3. The van der Waals surface area contributed by atoms with Crippen LogP contribution in [0.25, 0.3) is 28.1 Å². The van der Waals surface area contributed by atoms with Gasteiger partial charge in [-0.3, -0.25) is 19.1 Å². The van der Waals surface area contributed by atoms with Crippen LogP contribution in [0, 0.1) is 11.7 Å². The smallest absolute Gasteiger partial charge is 0.436 e. The SMILES string of the molecule is COc1ccc(-n2cc(C(F)(F)F)nn2)c(-c2cc(=O)n([C@H]3CCC[C@@H](C)C(=O)Nc4ccc(F)cc4-c4cncc3c4)cn2)c1. The molecule has 10 nitrogen and oxygen atoms in total. The summed E-state index contributed by atoms with van der Waals surface area (Å²) in [4.78, 5) is 35.6. The number of rotatable bonds is 4. The molecule has 1 aliphatic rings. The zero-order chi connectivity index (χ0) is 32.6. The Morgan fingerprint density at radius 2 is 1.83 bits per heavy atom. The second-order valence-corrected chi connectivity index (χ2v) is 11.0. The molecule has 1 amide bonds. The summed E-state index contributed by atoms with van der Waals surface area (Å²) >= 11 is 0. The molecule has 0 aliphatic carbocycles. The van der Waals surface area contributed by atoms with Crippen LogP contribution in [0.2, 0.25) is 0 Å². The summed E-state index contributed by atoms with van der Waals surface area (Å²) in [6.07, 6.45) is 2.19. The molecule has 236 valence electrons. The molecule has 46 heavy (non-hydrogen) atoms. The number of benzene rings is 2. The maximum atomic E-state index is 14.3. The van der Waals surface area contributed by atoms with E-state index in [1.165, 1.54) is 48.3 Å². The summed E-state index contributed by atoms with van der Waals surface area (Å²) in [5.41, 5.74) is 1.18. The number of fused-ring (bicyclic) bond motifs is 4. The zero-order valence-corrected chi connectivity index (χ0v) is 24.6. The van der Waals surface area contributed by atoms with E-state index in [-0.39, 0.29) is 23.2 Å². The molecule has 1 aliphatic heterocycles. The molecule has 6 rings (SSSR count). The zero-order valence-electron chi connectivity index (χ0n) is 24.6. The maximum Gasteiger partial charge on any atom is 0.436 e. The Labute approximate surface area is 259 Å². The Morgan fingerprint density at radius 1 is 1.00 bits per heavy atom. The van der Waals surface area contributed by atoms with Crippen LogP contribution in [-0.4, -0.2) is 42.5 Å². The van der Waals surface area contributed by atoms with Crippen molar-refractivity contribution in [3.05, 3.63) is 101 Å². The van der Waals surface area contributed by atoms with E-state index in [1.54, 1.807) is 37.5 Å². The van der Waals surface area contributed by atoms with Gasteiger partial charge in [-0.15, -0.1) is 5.10 Å². The first-order chi connectivity index (χ1) is 22.0. The quantitative estimate of drug-likeness (QED) is 0.239. The van der Waals surface area contributed by atoms with Gasteiger partial charge in [0.15, 0.2) is 5.69 Å². The second kappa shape index (κ2) is 12.2. The van der Waals surface area contributed by atoms with E-state index in [1.807, 2.05) is 0 Å². The molecule has 3 aromatic heterocycles. The summed E-state index contributed by atoms with van der Waals surface area (Å²) in [5.74, 6) is -0.657. The van der Waals surface area contributed by atoms with Gasteiger partial charge in [0.1, 0.15) is 11.6 Å². The Kier molecular flexibility index (Phi) is 8.11. The average molecular weight is 634 g/mol. The largest absolute Gasteiger partial charge is 0.497 e. The fourth-order valence-electron chi connectivity index (χ4n) is 5.47. The van der Waals surface area contributed by atoms with Crippen LogP contribution >= 0.6 is 0 Å². The van der Waals surface area contributed by atoms with Crippen molar-refractivity contribution in [2.75, 3.05) is 12.4 Å². The molecule has 0 unspecified atom stereocenters. The highest BCUT2D eigenvalue weighted by Crippen LogP contribution is 2.35. The number of nitrogens with one attached hydrogen (secondary N) is 1. The number of nitrogens with zero attached hydrogens (tertiary/aromatic N) is 6. The predicted molar refractivity (Wildman–Crippen MR) is 160 cm³/mol. The molecular formula is C32H27F4N7O3. The Hall–Kier alpha value is -5.40. The van der Waals surface area contributed by atoms with E-state index in [0.717, 1.165) is 10.9 Å². The molecule has 0 spiro atoms. The highest BCUT2D eigenvalue weighted by Gasteiger charge is 2.35. The third-order valence-corrected chi connectivity index (χ3v) is 7.94. The number of ether oxygens (including phenoxy) is 1. The summed E-state index contributed by atoms with van der Waals surface area (Å²) in [6.45, 7) is 1.81. The van der Waals surface area contributed by atoms with Gasteiger partial charge in [-0.2, -0.15) is 13.2 Å². The Bertz CT molecular complexity index is 1990. The monoisotopic (exact) mass is 633 g/mol. The van der Waals surface area contributed by atoms with Gasteiger partial charge in [0.25, 0.3) is 5.56 Å². The van der Waals surface area contributed by atoms with Gasteiger partial charge < -0.3 is 10.1 Å². The van der Waals surface area contributed by atoms with Crippen molar-refractivity contribution < 1.29 is 27.1 Å². The number of hydrogen-bond donors (Lipinski definition) is 1. The fourth-order valence-corrected chi connectivity index (χ4v) is 5.47. The summed E-state index contributed by atoms with van der Waals surface area (Å²) in [7, 11) is 1.44. The minimum Gasteiger partial charge on any atom is -0.497 e. The summed E-state index contributed by atoms with van der Waals surface area (Å²) in [5, 5.41) is 9.78. The molecule has 14 heteroatoms. The fraction of sp³-hybridized carbons (Fsp3) is 0.250. The summed E-state index contributed by atoms with van der Waals surface area (Å²) < 4.78 is 61.8. The Morgan fingerprint density at radius 3 is 2.57 bits per heavy atom. The molecule has 1 N–H and O–H groups in total. The molecule has 5 aromatic rings. The standard InChI is InChI=1S/C32H27F4N7O3/c1-18-4-3-5-27(20-10-19(14-37-15-20)23-11-21(33)6-8-25(23)39-31(18)45)42-17-38-26(13-30(42)44)24-12-22(46-2)7-9-28(24)43-16-29(40-41-43)32(34,35)36/h6-18,27H,3-5H2,1-2H3,(H,39,45)/t18-,27+/m1/s1. The number of amides is 1. The molecule has 2 atom stereocenters. The third kappa shape index (κ3) is 6.10. The van der Waals surface area contributed by atoms with Crippen molar-refractivity contribution in [2.45, 2.75) is 38.4 Å². The van der Waals surface area contributed by atoms with E-state index < -0.39 is 29.3 Å². The highest BCUT2D eigenvalue weighted by molar-refractivity contribution is 5.96. The minimum absolute atomic E-state index is 0.175. The average Bonchev–Trinajstić information content (AvgIpc) is 3.55. The number of carbonyl (C=O) groups is 1. The minimum atomic E-state index is -4.69. The van der Waals surface area contributed by atoms with Gasteiger partial charge in [-0.25, -0.2) is 14.1 Å². The first-order valence-electron chi connectivity index (χ1n) is 14.3. The number of carbonyl (C=O) groups excluding carboxylic acids is 1. The number of aromatic nitrogens is 6. The van der Waals surface area contributed by atoms with Crippen LogP contribution in [0.15, 0.2) is 78.2 Å². The highest BCUT2D eigenvalue weighted by atomic mass is 19.4. The lowest BCUT2D eigenvalue weighted by molar-refractivity contribution is -0.141. The molecule has 0 saturated carbocycles. The van der Waals surface area contributed by atoms with E-state index in [2.05, 4.69) is 25.6 Å². The summed E-state index contributed by atoms with van der Waals surface area (Å²) in [6, 6.07) is 11.2. The molecule has 4 heterocycles. The van der Waals surface area contributed by atoms with Gasteiger partial charge in [0, 0.05) is 46.8 Å². The van der Waals surface area contributed by atoms with Crippen molar-refractivity contribution in [1.82, 2.24) is 29.5 Å². The van der Waals surface area contributed by atoms with Gasteiger partial charge in [0.05, 0.1) is 37.1 Å². The van der Waals surface area contributed by atoms with Crippen LogP contribution in [0.1, 0.15) is 43.5 Å². The molecule has 0 radical (unpaired) electrons. The molecular weight excluding hydrogens is 606 g/mol. The van der Waals surface area contributed by atoms with E-state index in [4.69, 9.17) is 4.74 Å². The number of hydrogen-bond acceptors (Lipinski definition) is 7. The lowest BCUT2D eigenvalue weighted by atomic mass is 9.94. The van der Waals surface area contributed by atoms with Gasteiger partial charge in [-0.1, -0.05) is 18.6 Å². The van der Waals surface area contributed by atoms with Crippen molar-refractivity contribution in [1.29, 1.82) is 0 Å². The van der Waals surface area contributed by atoms with E-state index in [0.29, 0.717) is 53.0 Å². The first kappa shape index (κ1) is 30.6. The van der Waals surface area contributed by atoms with Crippen molar-refractivity contribution >= 4 is 11.6 Å². The van der Waals surface area contributed by atoms with Crippen LogP contribution in [-0.2, 0) is 11.0 Å². The van der Waals surface area contributed by atoms with Crippen LogP contribution < -0.4 is 15.6 Å². The third-order valence-electron chi connectivity index (χ3n) is 7.94. The number of pyridine rings is 1. The lowest BCUT2D eigenvalue weighted by Gasteiger charge is -2.23. The molecule has 2 bridgehead atoms. The Balaban J connectivity index is 1.43. The van der Waals surface area contributed by atoms with Gasteiger partial charge in [-0.05, 0) is 60.9 Å². The number of methoxy groups -OCH3 is 1. The topological polar surface area (TPSA) is 117 Å². The van der Waals surface area contributed by atoms with Gasteiger partial charge >= 0.3 is 6.18 Å². The number of halogens is 4. The normalized spacial score (nSPS) is 17.0. The molecule has 2 aromatic carbocycles. The maximum absolute atomic E-state index is 14.3. The second-order valence-electron chi connectivity index (χ2n) is 11.0. The predicted octanol–water partition coefficient (Wildman–Crippen LogP) is 6.07. The van der Waals surface area contributed by atoms with Crippen LogP contribution in [0.5, 0.6) is 5.75 Å².